The van der Waals surface area contributed by atoms with Gasteiger partial charge in [0.15, 0.2) is 0 Å². The van der Waals surface area contributed by atoms with Gasteiger partial charge in [-0.1, -0.05) is 42.5 Å². The third kappa shape index (κ3) is 4.43. The van der Waals surface area contributed by atoms with Crippen LogP contribution < -0.4 is 10.1 Å². The van der Waals surface area contributed by atoms with Crippen molar-refractivity contribution < 1.29 is 19.1 Å². The number of nitrogens with one attached hydrogen (secondary N) is 1. The van der Waals surface area contributed by atoms with Gasteiger partial charge in [0.25, 0.3) is 0 Å². The monoisotopic (exact) mass is 396 g/mol. The third-order valence-corrected chi connectivity index (χ3v) is 5.44. The molecule has 3 rings (SSSR count). The number of methoxy groups -OCH3 is 2. The molecule has 0 spiro atoms. The molecule has 0 saturated carbocycles. The van der Waals surface area contributed by atoms with Gasteiger partial charge in [-0.15, -0.1) is 0 Å². The zero-order valence-corrected chi connectivity index (χ0v) is 17.2. The van der Waals surface area contributed by atoms with Crippen molar-refractivity contribution >= 4 is 11.8 Å². The van der Waals surface area contributed by atoms with E-state index < -0.39 is 5.92 Å². The number of ether oxygens (including phenoxy) is 2. The summed E-state index contributed by atoms with van der Waals surface area (Å²) in [6, 6.07) is 15.1. The molecule has 1 aliphatic rings. The van der Waals surface area contributed by atoms with Crippen LogP contribution in [0.15, 0.2) is 48.5 Å². The summed E-state index contributed by atoms with van der Waals surface area (Å²) in [6.07, 6.45) is 0.197. The van der Waals surface area contributed by atoms with Crippen molar-refractivity contribution in [2.24, 2.45) is 5.92 Å². The summed E-state index contributed by atoms with van der Waals surface area (Å²) in [5.74, 6) is 0.0861. The van der Waals surface area contributed by atoms with Crippen LogP contribution in [0.5, 0.6) is 5.75 Å². The van der Waals surface area contributed by atoms with Crippen molar-refractivity contribution in [2.75, 3.05) is 20.8 Å². The van der Waals surface area contributed by atoms with Gasteiger partial charge in [-0.2, -0.15) is 0 Å². The molecule has 1 N–H and O–H groups in total. The van der Waals surface area contributed by atoms with E-state index in [2.05, 4.69) is 5.32 Å². The Hall–Kier alpha value is -2.86. The molecule has 0 unspecified atom stereocenters. The number of carbonyl (C=O) groups excluding carboxylic acids is 2. The largest absolute Gasteiger partial charge is 0.496 e. The van der Waals surface area contributed by atoms with Crippen molar-refractivity contribution in [1.82, 2.24) is 10.2 Å². The Morgan fingerprint density at radius 1 is 1.10 bits per heavy atom. The second-order valence-electron chi connectivity index (χ2n) is 7.10. The van der Waals surface area contributed by atoms with Crippen LogP contribution in [0.3, 0.4) is 0 Å². The number of carbonyl (C=O) groups is 2. The second-order valence-corrected chi connectivity index (χ2v) is 7.10. The molecule has 0 aromatic heterocycles. The van der Waals surface area contributed by atoms with Gasteiger partial charge in [0.05, 0.1) is 25.7 Å². The van der Waals surface area contributed by atoms with Gasteiger partial charge in [-0.05, 0) is 24.1 Å². The quantitative estimate of drug-likeness (QED) is 0.745. The van der Waals surface area contributed by atoms with Gasteiger partial charge in [0.2, 0.25) is 11.8 Å². The van der Waals surface area contributed by atoms with Crippen molar-refractivity contribution in [3.05, 3.63) is 65.2 Å². The predicted octanol–water partition coefficient (Wildman–Crippen LogP) is 3.07. The van der Waals surface area contributed by atoms with E-state index in [0.29, 0.717) is 25.4 Å². The van der Waals surface area contributed by atoms with Gasteiger partial charge >= 0.3 is 0 Å². The lowest BCUT2D eigenvalue weighted by atomic mass is 9.92. The minimum atomic E-state index is -0.465. The Morgan fingerprint density at radius 2 is 1.79 bits per heavy atom. The number of para-hydroxylation sites is 1. The van der Waals surface area contributed by atoms with Crippen LogP contribution in [-0.4, -0.2) is 37.5 Å². The highest BCUT2D eigenvalue weighted by atomic mass is 16.5. The highest BCUT2D eigenvalue weighted by Gasteiger charge is 2.44. The number of rotatable bonds is 8. The maximum atomic E-state index is 13.1. The Morgan fingerprint density at radius 3 is 2.48 bits per heavy atom. The number of hydrogen-bond acceptors (Lipinski definition) is 4. The van der Waals surface area contributed by atoms with Crippen LogP contribution in [0.2, 0.25) is 0 Å². The van der Waals surface area contributed by atoms with Crippen molar-refractivity contribution in [3.63, 3.8) is 0 Å². The summed E-state index contributed by atoms with van der Waals surface area (Å²) in [7, 11) is 3.25. The molecule has 0 radical (unpaired) electrons. The number of nitrogens with zero attached hydrogens (tertiary/aromatic N) is 1. The van der Waals surface area contributed by atoms with Crippen LogP contribution in [0.1, 0.15) is 36.1 Å². The van der Waals surface area contributed by atoms with E-state index in [1.54, 1.807) is 19.1 Å². The average molecular weight is 396 g/mol. The van der Waals surface area contributed by atoms with E-state index in [-0.39, 0.29) is 24.3 Å². The first-order valence-electron chi connectivity index (χ1n) is 9.86. The van der Waals surface area contributed by atoms with Gasteiger partial charge in [-0.25, -0.2) is 0 Å². The van der Waals surface area contributed by atoms with E-state index >= 15 is 0 Å². The molecule has 6 nitrogen and oxygen atoms in total. The van der Waals surface area contributed by atoms with Crippen molar-refractivity contribution in [3.8, 4) is 5.75 Å². The Labute approximate surface area is 171 Å². The number of hydrogen-bond donors (Lipinski definition) is 1. The van der Waals surface area contributed by atoms with Gasteiger partial charge in [0, 0.05) is 32.2 Å². The minimum Gasteiger partial charge on any atom is -0.496 e. The highest BCUT2D eigenvalue weighted by molar-refractivity contribution is 5.90. The first-order valence-corrected chi connectivity index (χ1v) is 9.86. The standard InChI is InChI=1S/C23H28N2O4/c1-4-25-21(26)13-19(22(25)18-11-7-8-12-20(18)29-3)23(27)24-14-16-9-5-6-10-17(16)15-28-2/h5-12,19,22H,4,13-15H2,1-3H3,(H,24,27)/t19-,22+/m1/s1. The number of amides is 2. The van der Waals surface area contributed by atoms with Crippen LogP contribution in [0.25, 0.3) is 0 Å². The lowest BCUT2D eigenvalue weighted by Crippen LogP contribution is -2.35. The Kier molecular flexibility index (Phi) is 6.88. The fourth-order valence-electron chi connectivity index (χ4n) is 4.03. The molecule has 1 heterocycles. The van der Waals surface area contributed by atoms with Crippen molar-refractivity contribution in [1.29, 1.82) is 0 Å². The maximum Gasteiger partial charge on any atom is 0.226 e. The molecule has 1 aliphatic heterocycles. The Bertz CT molecular complexity index is 867. The summed E-state index contributed by atoms with van der Waals surface area (Å²) < 4.78 is 10.7. The second kappa shape index (κ2) is 9.56. The van der Waals surface area contributed by atoms with E-state index in [9.17, 15) is 9.59 Å². The minimum absolute atomic E-state index is 0.0108. The number of likely N-dealkylation sites (tertiary alicyclic amines) is 1. The molecule has 0 aliphatic carbocycles. The smallest absolute Gasteiger partial charge is 0.226 e. The summed E-state index contributed by atoms with van der Waals surface area (Å²) in [6.45, 7) is 3.36. The van der Waals surface area contributed by atoms with Crippen molar-refractivity contribution in [2.45, 2.75) is 32.5 Å². The number of benzene rings is 2. The van der Waals surface area contributed by atoms with Crippen LogP contribution in [0, 0.1) is 5.92 Å². The van der Waals surface area contributed by atoms with E-state index in [1.807, 2.05) is 55.5 Å². The molecule has 2 amide bonds. The van der Waals surface area contributed by atoms with Gasteiger partial charge in [-0.3, -0.25) is 9.59 Å². The Balaban J connectivity index is 1.82. The topological polar surface area (TPSA) is 67.9 Å². The summed E-state index contributed by atoms with van der Waals surface area (Å²) >= 11 is 0. The van der Waals surface area contributed by atoms with E-state index in [1.165, 1.54) is 0 Å². The average Bonchev–Trinajstić information content (AvgIpc) is 3.09. The third-order valence-electron chi connectivity index (χ3n) is 5.44. The molecular formula is C23H28N2O4. The van der Waals surface area contributed by atoms with Gasteiger partial charge < -0.3 is 19.7 Å². The summed E-state index contributed by atoms with van der Waals surface area (Å²) in [5.41, 5.74) is 2.91. The van der Waals surface area contributed by atoms with Gasteiger partial charge in [0.1, 0.15) is 5.75 Å². The zero-order chi connectivity index (χ0) is 20.8. The molecule has 2 aromatic rings. The lowest BCUT2D eigenvalue weighted by Gasteiger charge is -2.28. The molecule has 2 aromatic carbocycles. The summed E-state index contributed by atoms with van der Waals surface area (Å²) in [5, 5.41) is 3.03. The predicted molar refractivity (Wildman–Crippen MR) is 110 cm³/mol. The summed E-state index contributed by atoms with van der Waals surface area (Å²) in [4.78, 5) is 27.5. The molecule has 6 heteroatoms. The fourth-order valence-corrected chi connectivity index (χ4v) is 4.03. The zero-order valence-electron chi connectivity index (χ0n) is 17.2. The molecule has 2 atom stereocenters. The first kappa shape index (κ1) is 20.9. The molecule has 29 heavy (non-hydrogen) atoms. The maximum absolute atomic E-state index is 13.1. The lowest BCUT2D eigenvalue weighted by molar-refractivity contribution is -0.129. The molecule has 1 saturated heterocycles. The fraction of sp³-hybridized carbons (Fsp3) is 0.391. The molecular weight excluding hydrogens is 368 g/mol. The molecule has 1 fully saturated rings. The first-order chi connectivity index (χ1) is 14.1. The van der Waals surface area contributed by atoms with Crippen LogP contribution in [-0.2, 0) is 27.5 Å². The van der Waals surface area contributed by atoms with E-state index in [4.69, 9.17) is 9.47 Å². The SMILES string of the molecule is CCN1C(=O)C[C@@H](C(=O)NCc2ccccc2COC)[C@@H]1c1ccccc1OC. The molecule has 0 bridgehead atoms. The highest BCUT2D eigenvalue weighted by Crippen LogP contribution is 2.41. The van der Waals surface area contributed by atoms with Crippen LogP contribution >= 0.6 is 0 Å². The normalized spacial score (nSPS) is 18.7. The molecule has 154 valence electrons. The van der Waals surface area contributed by atoms with E-state index in [0.717, 1.165) is 16.7 Å². The van der Waals surface area contributed by atoms with Crippen LogP contribution in [0.4, 0.5) is 0 Å².